The van der Waals surface area contributed by atoms with Crippen molar-refractivity contribution in [1.82, 2.24) is 0 Å². The van der Waals surface area contributed by atoms with Gasteiger partial charge in [-0.1, -0.05) is 6.07 Å². The smallest absolute Gasteiger partial charge is 0.333 e. The number of nitro benzene ring substituents is 1. The van der Waals surface area contributed by atoms with Gasteiger partial charge in [0.1, 0.15) is 11.7 Å². The summed E-state index contributed by atoms with van der Waals surface area (Å²) in [6.45, 7) is 0.577. The van der Waals surface area contributed by atoms with Crippen molar-refractivity contribution < 1.29 is 19.2 Å². The van der Waals surface area contributed by atoms with Crippen molar-refractivity contribution in [1.29, 1.82) is 0 Å². The number of methoxy groups -OCH3 is 2. The van der Waals surface area contributed by atoms with Crippen LogP contribution in [0.2, 0.25) is 0 Å². The van der Waals surface area contributed by atoms with Gasteiger partial charge >= 0.3 is 11.7 Å². The molecule has 0 N–H and O–H groups in total. The molecular formula is C14H18N2O5. The predicted molar refractivity (Wildman–Crippen MR) is 76.6 cm³/mol. The average molecular weight is 294 g/mol. The standard InChI is InChI=1S/C14H18N2O5/c1-20-12-8-5-7-10(13(12)16(18)19)15-9-4-3-6-11(15)14(17)21-2/h5,7-8,11H,3-4,6,9H2,1-2H3. The van der Waals surface area contributed by atoms with Gasteiger partial charge in [0.05, 0.1) is 19.1 Å². The van der Waals surface area contributed by atoms with Crippen LogP contribution in [0.25, 0.3) is 0 Å². The summed E-state index contributed by atoms with van der Waals surface area (Å²) in [5, 5.41) is 11.4. The molecule has 1 aromatic rings. The molecule has 1 aromatic carbocycles. The van der Waals surface area contributed by atoms with Crippen LogP contribution in [0.1, 0.15) is 19.3 Å². The van der Waals surface area contributed by atoms with Crippen molar-refractivity contribution >= 4 is 17.3 Å². The van der Waals surface area contributed by atoms with E-state index in [0.717, 1.165) is 12.8 Å². The summed E-state index contributed by atoms with van der Waals surface area (Å²) in [5.74, 6) is -0.182. The maximum atomic E-state index is 11.9. The highest BCUT2D eigenvalue weighted by molar-refractivity contribution is 5.83. The zero-order chi connectivity index (χ0) is 15.4. The van der Waals surface area contributed by atoms with Crippen LogP contribution < -0.4 is 9.64 Å². The molecule has 0 bridgehead atoms. The molecule has 1 aliphatic rings. The molecule has 1 aliphatic heterocycles. The van der Waals surface area contributed by atoms with Crippen molar-refractivity contribution in [3.05, 3.63) is 28.3 Å². The Labute approximate surface area is 122 Å². The number of para-hydroxylation sites is 1. The van der Waals surface area contributed by atoms with Crippen molar-refractivity contribution in [3.63, 3.8) is 0 Å². The number of benzene rings is 1. The second kappa shape index (κ2) is 6.43. The van der Waals surface area contributed by atoms with Crippen molar-refractivity contribution in [2.45, 2.75) is 25.3 Å². The number of ether oxygens (including phenoxy) is 2. The van der Waals surface area contributed by atoms with Crippen LogP contribution >= 0.6 is 0 Å². The molecule has 1 saturated heterocycles. The number of rotatable bonds is 4. The molecule has 0 radical (unpaired) electrons. The average Bonchev–Trinajstić information content (AvgIpc) is 2.53. The Kier molecular flexibility index (Phi) is 4.62. The number of nitrogens with zero attached hydrogens (tertiary/aromatic N) is 2. The fourth-order valence-corrected chi connectivity index (χ4v) is 2.69. The normalized spacial score (nSPS) is 18.2. The molecule has 0 amide bonds. The third-order valence-corrected chi connectivity index (χ3v) is 3.67. The Morgan fingerprint density at radius 3 is 2.76 bits per heavy atom. The highest BCUT2D eigenvalue weighted by Crippen LogP contribution is 2.39. The lowest BCUT2D eigenvalue weighted by atomic mass is 10.0. The molecule has 0 spiro atoms. The third kappa shape index (κ3) is 2.91. The van der Waals surface area contributed by atoms with Crippen LogP contribution in [-0.2, 0) is 9.53 Å². The predicted octanol–water partition coefficient (Wildman–Crippen LogP) is 2.14. The minimum absolute atomic E-state index is 0.115. The van der Waals surface area contributed by atoms with Gasteiger partial charge in [-0.15, -0.1) is 0 Å². The molecule has 7 heteroatoms. The molecular weight excluding hydrogens is 276 g/mol. The number of esters is 1. The summed E-state index contributed by atoms with van der Waals surface area (Å²) < 4.78 is 9.89. The minimum Gasteiger partial charge on any atom is -0.490 e. The van der Waals surface area contributed by atoms with Crippen LogP contribution in [0.4, 0.5) is 11.4 Å². The third-order valence-electron chi connectivity index (χ3n) is 3.67. The lowest BCUT2D eigenvalue weighted by Crippen LogP contribution is -2.45. The topological polar surface area (TPSA) is 81.9 Å². The monoisotopic (exact) mass is 294 g/mol. The van der Waals surface area contributed by atoms with Crippen molar-refractivity contribution in [3.8, 4) is 5.75 Å². The first-order chi connectivity index (χ1) is 10.1. The zero-order valence-electron chi connectivity index (χ0n) is 12.1. The van der Waals surface area contributed by atoms with Crippen molar-refractivity contribution in [2.75, 3.05) is 25.7 Å². The van der Waals surface area contributed by atoms with E-state index in [-0.39, 0.29) is 17.4 Å². The number of nitro groups is 1. The van der Waals surface area contributed by atoms with Crippen LogP contribution in [-0.4, -0.2) is 37.7 Å². The summed E-state index contributed by atoms with van der Waals surface area (Å²) in [5.41, 5.74) is 0.283. The van der Waals surface area contributed by atoms with Gasteiger partial charge in [0, 0.05) is 6.54 Å². The number of piperidine rings is 1. The molecule has 0 aromatic heterocycles. The van der Waals surface area contributed by atoms with E-state index in [4.69, 9.17) is 9.47 Å². The zero-order valence-corrected chi connectivity index (χ0v) is 12.1. The Bertz CT molecular complexity index is 546. The number of anilines is 1. The first-order valence-corrected chi connectivity index (χ1v) is 6.76. The molecule has 114 valence electrons. The number of carbonyl (C=O) groups is 1. The lowest BCUT2D eigenvalue weighted by molar-refractivity contribution is -0.385. The highest BCUT2D eigenvalue weighted by Gasteiger charge is 2.34. The van der Waals surface area contributed by atoms with Gasteiger partial charge in [0.25, 0.3) is 0 Å². The number of hydrogen-bond donors (Lipinski definition) is 0. The van der Waals surface area contributed by atoms with E-state index in [1.807, 2.05) is 0 Å². The summed E-state index contributed by atoms with van der Waals surface area (Å²) in [4.78, 5) is 24.6. The van der Waals surface area contributed by atoms with Gasteiger partial charge in [-0.05, 0) is 31.4 Å². The fourth-order valence-electron chi connectivity index (χ4n) is 2.69. The Morgan fingerprint density at radius 2 is 2.14 bits per heavy atom. The summed E-state index contributed by atoms with van der Waals surface area (Å²) >= 11 is 0. The molecule has 2 rings (SSSR count). The molecule has 1 atom stereocenters. The quantitative estimate of drug-likeness (QED) is 0.480. The summed E-state index contributed by atoms with van der Waals surface area (Å²) in [6, 6.07) is 4.37. The van der Waals surface area contributed by atoms with E-state index < -0.39 is 11.0 Å². The summed E-state index contributed by atoms with van der Waals surface area (Å²) in [6.07, 6.45) is 2.40. The number of carbonyl (C=O) groups excluding carboxylic acids is 1. The van der Waals surface area contributed by atoms with Crippen LogP contribution in [0.3, 0.4) is 0 Å². The minimum atomic E-state index is -0.491. The van der Waals surface area contributed by atoms with Gasteiger partial charge in [-0.3, -0.25) is 10.1 Å². The maximum absolute atomic E-state index is 11.9. The van der Waals surface area contributed by atoms with Crippen LogP contribution in [0.5, 0.6) is 5.75 Å². The van der Waals surface area contributed by atoms with E-state index in [1.54, 1.807) is 23.1 Å². The molecule has 0 aliphatic carbocycles. The van der Waals surface area contributed by atoms with Crippen LogP contribution in [0, 0.1) is 10.1 Å². The highest BCUT2D eigenvalue weighted by atomic mass is 16.6. The largest absolute Gasteiger partial charge is 0.490 e. The Balaban J connectivity index is 2.48. The van der Waals surface area contributed by atoms with E-state index in [0.29, 0.717) is 18.7 Å². The van der Waals surface area contributed by atoms with Gasteiger partial charge in [0.15, 0.2) is 5.75 Å². The van der Waals surface area contributed by atoms with E-state index in [2.05, 4.69) is 0 Å². The second-order valence-electron chi connectivity index (χ2n) is 4.81. The molecule has 1 unspecified atom stereocenters. The van der Waals surface area contributed by atoms with E-state index in [9.17, 15) is 14.9 Å². The SMILES string of the molecule is COC(=O)C1CCCCN1c1cccc(OC)c1[N+](=O)[O-]. The van der Waals surface area contributed by atoms with E-state index in [1.165, 1.54) is 14.2 Å². The number of hydrogen-bond acceptors (Lipinski definition) is 6. The van der Waals surface area contributed by atoms with Gasteiger partial charge in [0.2, 0.25) is 0 Å². The molecule has 21 heavy (non-hydrogen) atoms. The molecule has 1 fully saturated rings. The Hall–Kier alpha value is -2.31. The van der Waals surface area contributed by atoms with Gasteiger partial charge in [-0.25, -0.2) is 4.79 Å². The van der Waals surface area contributed by atoms with E-state index >= 15 is 0 Å². The fraction of sp³-hybridized carbons (Fsp3) is 0.500. The van der Waals surface area contributed by atoms with Crippen LogP contribution in [0.15, 0.2) is 18.2 Å². The van der Waals surface area contributed by atoms with Gasteiger partial charge in [-0.2, -0.15) is 0 Å². The molecule has 0 saturated carbocycles. The first kappa shape index (κ1) is 15.1. The molecule has 7 nitrogen and oxygen atoms in total. The van der Waals surface area contributed by atoms with Gasteiger partial charge < -0.3 is 14.4 Å². The lowest BCUT2D eigenvalue weighted by Gasteiger charge is -2.35. The van der Waals surface area contributed by atoms with Crippen molar-refractivity contribution in [2.24, 2.45) is 0 Å². The Morgan fingerprint density at radius 1 is 1.38 bits per heavy atom. The first-order valence-electron chi connectivity index (χ1n) is 6.76. The molecule has 1 heterocycles. The second-order valence-corrected chi connectivity index (χ2v) is 4.81. The summed E-state index contributed by atoms with van der Waals surface area (Å²) in [7, 11) is 2.72. The maximum Gasteiger partial charge on any atom is 0.333 e.